The summed E-state index contributed by atoms with van der Waals surface area (Å²) < 4.78 is 9.87. The summed E-state index contributed by atoms with van der Waals surface area (Å²) in [6.45, 7) is 7.51. The fourth-order valence-electron chi connectivity index (χ4n) is 1.60. The lowest BCUT2D eigenvalue weighted by molar-refractivity contribution is 0.394. The smallest absolute Gasteiger partial charge is 0.223 e. The second-order valence-electron chi connectivity index (χ2n) is 3.85. The van der Waals surface area contributed by atoms with Crippen molar-refractivity contribution in [2.75, 3.05) is 0 Å². The highest BCUT2D eigenvalue weighted by Crippen LogP contribution is 2.21. The first kappa shape index (κ1) is 13.9. The highest BCUT2D eigenvalue weighted by molar-refractivity contribution is 5.62. The fourth-order valence-corrected chi connectivity index (χ4v) is 1.60. The van der Waals surface area contributed by atoms with E-state index in [0.29, 0.717) is 23.4 Å². The number of nitrogens with zero attached hydrogens (tertiary/aromatic N) is 4. The fraction of sp³-hybridized carbons (Fsp3) is 0.286. The van der Waals surface area contributed by atoms with Crippen molar-refractivity contribution in [1.82, 2.24) is 20.3 Å². The van der Waals surface area contributed by atoms with Crippen LogP contribution in [0.2, 0.25) is 0 Å². The predicted molar refractivity (Wildman–Crippen MR) is 73.8 cm³/mol. The zero-order chi connectivity index (χ0) is 14.5. The summed E-state index contributed by atoms with van der Waals surface area (Å²) in [6, 6.07) is 7.58. The third-order valence-corrected chi connectivity index (χ3v) is 2.46. The van der Waals surface area contributed by atoms with Crippen molar-refractivity contribution in [2.45, 2.75) is 27.7 Å². The van der Waals surface area contributed by atoms with Crippen LogP contribution in [0.1, 0.15) is 25.6 Å². The Labute approximate surface area is 116 Å². The average Bonchev–Trinajstić information content (AvgIpc) is 3.10. The average molecular weight is 272 g/mol. The minimum absolute atomic E-state index is 0.544. The second kappa shape index (κ2) is 6.10. The van der Waals surface area contributed by atoms with Gasteiger partial charge in [-0.1, -0.05) is 48.4 Å². The largest absolute Gasteiger partial charge is 0.339 e. The summed E-state index contributed by atoms with van der Waals surface area (Å²) in [7, 11) is 0. The molecule has 0 saturated carbocycles. The van der Waals surface area contributed by atoms with Crippen molar-refractivity contribution in [1.29, 1.82) is 0 Å². The Morgan fingerprint density at radius 3 is 1.30 bits per heavy atom. The van der Waals surface area contributed by atoms with Crippen molar-refractivity contribution in [3.05, 3.63) is 36.0 Å². The molecule has 2 aromatic heterocycles. The zero-order valence-corrected chi connectivity index (χ0v) is 11.9. The first-order valence-electron chi connectivity index (χ1n) is 6.44. The molecule has 0 bridgehead atoms. The number of aryl methyl sites for hydroxylation is 2. The van der Waals surface area contributed by atoms with Crippen molar-refractivity contribution in [3.63, 3.8) is 0 Å². The topological polar surface area (TPSA) is 77.8 Å². The van der Waals surface area contributed by atoms with Crippen LogP contribution in [0.15, 0.2) is 33.3 Å². The van der Waals surface area contributed by atoms with E-state index in [1.165, 1.54) is 0 Å². The maximum absolute atomic E-state index is 4.94. The molecule has 3 rings (SSSR count). The molecule has 0 N–H and O–H groups in total. The lowest BCUT2D eigenvalue weighted by Gasteiger charge is -1.96. The maximum atomic E-state index is 4.94. The van der Waals surface area contributed by atoms with Gasteiger partial charge in [0.25, 0.3) is 0 Å². The van der Waals surface area contributed by atoms with Gasteiger partial charge in [-0.2, -0.15) is 9.97 Å². The Balaban J connectivity index is 0.000000704. The van der Waals surface area contributed by atoms with Gasteiger partial charge in [0.2, 0.25) is 23.4 Å². The first-order chi connectivity index (χ1) is 9.72. The van der Waals surface area contributed by atoms with E-state index < -0.39 is 0 Å². The van der Waals surface area contributed by atoms with Gasteiger partial charge in [-0.15, -0.1) is 0 Å². The maximum Gasteiger partial charge on any atom is 0.223 e. The van der Waals surface area contributed by atoms with E-state index in [2.05, 4.69) is 20.3 Å². The molecule has 6 heteroatoms. The summed E-state index contributed by atoms with van der Waals surface area (Å²) in [5.41, 5.74) is 1.77. The first-order valence-corrected chi connectivity index (χ1v) is 6.44. The Morgan fingerprint density at radius 2 is 1.05 bits per heavy atom. The van der Waals surface area contributed by atoms with Crippen LogP contribution in [-0.4, -0.2) is 20.3 Å². The molecule has 0 saturated heterocycles. The van der Waals surface area contributed by atoms with E-state index in [9.17, 15) is 0 Å². The van der Waals surface area contributed by atoms with E-state index >= 15 is 0 Å². The Kier molecular flexibility index (Phi) is 4.24. The molecular weight excluding hydrogens is 256 g/mol. The molecule has 2 heterocycles. The third kappa shape index (κ3) is 2.90. The Bertz CT molecular complexity index is 611. The minimum atomic E-state index is 0.544. The monoisotopic (exact) mass is 272 g/mol. The van der Waals surface area contributed by atoms with E-state index in [1.54, 1.807) is 13.8 Å². The van der Waals surface area contributed by atoms with Gasteiger partial charge >= 0.3 is 0 Å². The number of benzene rings is 1. The van der Waals surface area contributed by atoms with Gasteiger partial charge in [-0.3, -0.25) is 0 Å². The normalized spacial score (nSPS) is 10.0. The van der Waals surface area contributed by atoms with Crippen molar-refractivity contribution in [3.8, 4) is 22.8 Å². The van der Waals surface area contributed by atoms with Gasteiger partial charge in [-0.25, -0.2) is 0 Å². The SMILES string of the molecule is CC.Cc1nc(-c2ccc(-c3noc(C)n3)cc2)no1. The summed E-state index contributed by atoms with van der Waals surface area (Å²) in [5.74, 6) is 2.23. The lowest BCUT2D eigenvalue weighted by atomic mass is 10.1. The van der Waals surface area contributed by atoms with Gasteiger partial charge in [0.15, 0.2) is 0 Å². The lowest BCUT2D eigenvalue weighted by Crippen LogP contribution is -1.83. The number of hydrogen-bond acceptors (Lipinski definition) is 6. The quantitative estimate of drug-likeness (QED) is 0.711. The van der Waals surface area contributed by atoms with Crippen LogP contribution in [0, 0.1) is 13.8 Å². The predicted octanol–water partition coefficient (Wildman–Crippen LogP) is 3.43. The standard InChI is InChI=1S/C12H10N4O2.C2H6/c1-7-13-11(15-17-7)9-3-5-10(6-4-9)12-14-8(2)18-16-12;1-2/h3-6H,1-2H3;1-2H3. The van der Waals surface area contributed by atoms with Crippen LogP contribution in [0.5, 0.6) is 0 Å². The molecule has 0 spiro atoms. The Morgan fingerprint density at radius 1 is 0.700 bits per heavy atom. The van der Waals surface area contributed by atoms with Crippen LogP contribution >= 0.6 is 0 Å². The third-order valence-electron chi connectivity index (χ3n) is 2.46. The highest BCUT2D eigenvalue weighted by atomic mass is 16.5. The van der Waals surface area contributed by atoms with Gasteiger partial charge < -0.3 is 9.05 Å². The molecule has 0 atom stereocenters. The van der Waals surface area contributed by atoms with Crippen LogP contribution in [0.4, 0.5) is 0 Å². The van der Waals surface area contributed by atoms with Gasteiger partial charge in [0.1, 0.15) is 0 Å². The van der Waals surface area contributed by atoms with Crippen LogP contribution in [-0.2, 0) is 0 Å². The second-order valence-corrected chi connectivity index (χ2v) is 3.85. The molecule has 6 nitrogen and oxygen atoms in total. The molecule has 0 radical (unpaired) electrons. The number of rotatable bonds is 2. The highest BCUT2D eigenvalue weighted by Gasteiger charge is 2.08. The van der Waals surface area contributed by atoms with Crippen LogP contribution in [0.3, 0.4) is 0 Å². The number of hydrogen-bond donors (Lipinski definition) is 0. The van der Waals surface area contributed by atoms with Crippen LogP contribution < -0.4 is 0 Å². The zero-order valence-electron chi connectivity index (χ0n) is 11.9. The number of aromatic nitrogens is 4. The van der Waals surface area contributed by atoms with E-state index in [-0.39, 0.29) is 0 Å². The summed E-state index contributed by atoms with van der Waals surface area (Å²) >= 11 is 0. The molecule has 0 aliphatic heterocycles. The van der Waals surface area contributed by atoms with Gasteiger partial charge in [0.05, 0.1) is 0 Å². The summed E-state index contributed by atoms with van der Waals surface area (Å²) in [6.07, 6.45) is 0. The van der Waals surface area contributed by atoms with Crippen molar-refractivity contribution < 1.29 is 9.05 Å². The molecule has 0 aliphatic carbocycles. The molecule has 0 fully saturated rings. The minimum Gasteiger partial charge on any atom is -0.339 e. The molecule has 0 amide bonds. The molecule has 20 heavy (non-hydrogen) atoms. The summed E-state index contributed by atoms with van der Waals surface area (Å²) in [5, 5.41) is 7.71. The molecular formula is C14H16N4O2. The van der Waals surface area contributed by atoms with Gasteiger partial charge in [0, 0.05) is 25.0 Å². The van der Waals surface area contributed by atoms with Crippen LogP contribution in [0.25, 0.3) is 22.8 Å². The molecule has 3 aromatic rings. The van der Waals surface area contributed by atoms with E-state index in [0.717, 1.165) is 11.1 Å². The van der Waals surface area contributed by atoms with Crippen molar-refractivity contribution in [2.24, 2.45) is 0 Å². The van der Waals surface area contributed by atoms with E-state index in [1.807, 2.05) is 38.1 Å². The van der Waals surface area contributed by atoms with Gasteiger partial charge in [-0.05, 0) is 0 Å². The molecule has 0 unspecified atom stereocenters. The van der Waals surface area contributed by atoms with E-state index in [4.69, 9.17) is 9.05 Å². The molecule has 1 aromatic carbocycles. The summed E-state index contributed by atoms with van der Waals surface area (Å²) in [4.78, 5) is 8.32. The molecule has 0 aliphatic rings. The Hall–Kier alpha value is -2.50. The van der Waals surface area contributed by atoms with Crippen molar-refractivity contribution >= 4 is 0 Å². The molecule has 104 valence electrons.